The van der Waals surface area contributed by atoms with Crippen molar-refractivity contribution in [1.29, 1.82) is 0 Å². The summed E-state index contributed by atoms with van der Waals surface area (Å²) in [5.41, 5.74) is 19.5. The fourth-order valence-electron chi connectivity index (χ4n) is 10.1. The maximum Gasteiger partial charge on any atom is 0.104 e. The van der Waals surface area contributed by atoms with Gasteiger partial charge in [0, 0.05) is 33.0 Å². The van der Waals surface area contributed by atoms with Crippen LogP contribution in [0, 0.1) is 0 Å². The Morgan fingerprint density at radius 1 is 0.509 bits per heavy atom. The maximum absolute atomic E-state index is 4.03. The van der Waals surface area contributed by atoms with E-state index in [1.165, 1.54) is 94.4 Å². The zero-order valence-electron chi connectivity index (χ0n) is 30.5. The Bertz CT molecular complexity index is 2800. The molecule has 3 aliphatic rings. The van der Waals surface area contributed by atoms with Gasteiger partial charge < -0.3 is 9.88 Å². The van der Waals surface area contributed by atoms with Crippen molar-refractivity contribution in [3.8, 4) is 27.9 Å². The second-order valence-corrected chi connectivity index (χ2v) is 16.2. The van der Waals surface area contributed by atoms with Gasteiger partial charge in [-0.3, -0.25) is 5.32 Å². The Balaban J connectivity index is 1.01. The first kappa shape index (κ1) is 30.7. The topological polar surface area (TPSA) is 29.0 Å². The molecular formula is C50H41N3. The number of nitrogens with zero attached hydrogens (tertiary/aromatic N) is 1. The van der Waals surface area contributed by atoms with Gasteiger partial charge >= 0.3 is 0 Å². The maximum atomic E-state index is 4.03. The number of benzene rings is 7. The van der Waals surface area contributed by atoms with Crippen LogP contribution in [-0.4, -0.2) is 4.57 Å². The lowest BCUT2D eigenvalue weighted by atomic mass is 9.81. The summed E-state index contributed by atoms with van der Waals surface area (Å²) in [5, 5.41) is 10.5. The molecule has 0 saturated carbocycles. The number of aromatic nitrogens is 1. The van der Waals surface area contributed by atoms with E-state index < -0.39 is 0 Å². The SMILES string of the molecule is CC1(C)c2ccccc2-c2ccc(C3NC(c4ccc(-n5c6ccccc6c6ccc7c(c65)C(C)(C)c5ccccc5-7)cc4)Nc4ccccc43)cc21. The van der Waals surface area contributed by atoms with E-state index in [0.29, 0.717) is 0 Å². The molecule has 0 amide bonds. The van der Waals surface area contributed by atoms with E-state index in [9.17, 15) is 0 Å². The molecule has 0 bridgehead atoms. The Kier molecular flexibility index (Phi) is 6.27. The van der Waals surface area contributed by atoms with E-state index in [1.807, 2.05) is 0 Å². The van der Waals surface area contributed by atoms with Crippen LogP contribution < -0.4 is 10.6 Å². The van der Waals surface area contributed by atoms with Crippen LogP contribution in [0.4, 0.5) is 5.69 Å². The summed E-state index contributed by atoms with van der Waals surface area (Å²) in [6.45, 7) is 9.50. The van der Waals surface area contributed by atoms with Gasteiger partial charge in [0.05, 0.1) is 17.1 Å². The molecule has 256 valence electrons. The highest BCUT2D eigenvalue weighted by molar-refractivity contribution is 6.13. The molecular weight excluding hydrogens is 643 g/mol. The second kappa shape index (κ2) is 10.8. The minimum atomic E-state index is -0.120. The van der Waals surface area contributed by atoms with E-state index in [1.54, 1.807) is 0 Å². The summed E-state index contributed by atoms with van der Waals surface area (Å²) in [6.07, 6.45) is -0.0572. The zero-order chi connectivity index (χ0) is 35.6. The van der Waals surface area contributed by atoms with Gasteiger partial charge in [0.25, 0.3) is 0 Å². The molecule has 8 aromatic rings. The third-order valence-corrected chi connectivity index (χ3v) is 12.7. The third kappa shape index (κ3) is 4.20. The average molecular weight is 684 g/mol. The van der Waals surface area contributed by atoms with Crippen LogP contribution in [0.2, 0.25) is 0 Å². The highest BCUT2D eigenvalue weighted by Gasteiger charge is 2.39. The molecule has 0 fully saturated rings. The van der Waals surface area contributed by atoms with Crippen molar-refractivity contribution < 1.29 is 0 Å². The molecule has 1 aliphatic heterocycles. The van der Waals surface area contributed by atoms with Crippen molar-refractivity contribution in [2.45, 2.75) is 50.7 Å². The van der Waals surface area contributed by atoms with Crippen molar-refractivity contribution >= 4 is 27.5 Å². The predicted molar refractivity (Wildman–Crippen MR) is 220 cm³/mol. The highest BCUT2D eigenvalue weighted by atomic mass is 15.2. The summed E-state index contributed by atoms with van der Waals surface area (Å²) < 4.78 is 2.51. The van der Waals surface area contributed by atoms with Crippen LogP contribution in [0.5, 0.6) is 0 Å². The molecule has 2 heterocycles. The third-order valence-electron chi connectivity index (χ3n) is 12.7. The normalized spacial score (nSPS) is 18.6. The van der Waals surface area contributed by atoms with Gasteiger partial charge in [-0.15, -0.1) is 0 Å². The lowest BCUT2D eigenvalue weighted by Gasteiger charge is -2.36. The lowest BCUT2D eigenvalue weighted by molar-refractivity contribution is 0.505. The highest BCUT2D eigenvalue weighted by Crippen LogP contribution is 2.53. The van der Waals surface area contributed by atoms with E-state index in [-0.39, 0.29) is 23.0 Å². The van der Waals surface area contributed by atoms with Gasteiger partial charge in [-0.25, -0.2) is 0 Å². The summed E-state index contributed by atoms with van der Waals surface area (Å²) in [5.74, 6) is 0. The molecule has 2 atom stereocenters. The first-order chi connectivity index (χ1) is 25.8. The lowest BCUT2D eigenvalue weighted by Crippen LogP contribution is -2.37. The standard InChI is InChI=1S/C50H41N3/c1-49(2)40-17-9-5-13-33(40)35-26-23-31(29-42(35)49)46-39-16-7-11-19-43(39)51-48(52-46)30-21-24-32(25-22-30)53-44-20-12-8-15-36(44)38-28-27-37-34-14-6-10-18-41(34)50(3,4)45(37)47(38)53/h5-29,46,48,51-52H,1-4H3. The molecule has 7 aromatic carbocycles. The Morgan fingerprint density at radius 2 is 1.13 bits per heavy atom. The Morgan fingerprint density at radius 3 is 1.94 bits per heavy atom. The number of rotatable bonds is 3. The number of fused-ring (bicyclic) bond motifs is 11. The summed E-state index contributed by atoms with van der Waals surface area (Å²) in [7, 11) is 0. The zero-order valence-corrected chi connectivity index (χ0v) is 30.5. The van der Waals surface area contributed by atoms with Crippen molar-refractivity contribution in [3.05, 3.63) is 191 Å². The van der Waals surface area contributed by atoms with Gasteiger partial charge in [-0.2, -0.15) is 0 Å². The summed E-state index contributed by atoms with van der Waals surface area (Å²) in [6, 6.07) is 56.6. The number of hydrogen-bond acceptors (Lipinski definition) is 2. The van der Waals surface area contributed by atoms with Crippen molar-refractivity contribution in [3.63, 3.8) is 0 Å². The van der Waals surface area contributed by atoms with E-state index >= 15 is 0 Å². The largest absolute Gasteiger partial charge is 0.366 e. The average Bonchev–Trinajstić information content (AvgIpc) is 3.74. The fraction of sp³-hybridized carbons (Fsp3) is 0.160. The fourth-order valence-corrected chi connectivity index (χ4v) is 10.1. The van der Waals surface area contributed by atoms with Crippen LogP contribution in [0.1, 0.15) is 78.8 Å². The van der Waals surface area contributed by atoms with Crippen LogP contribution in [0.15, 0.2) is 152 Å². The number of anilines is 1. The molecule has 2 N–H and O–H groups in total. The molecule has 3 nitrogen and oxygen atoms in total. The smallest absolute Gasteiger partial charge is 0.104 e. The monoisotopic (exact) mass is 683 g/mol. The molecule has 0 radical (unpaired) electrons. The minimum absolute atomic E-state index is 0.0470. The van der Waals surface area contributed by atoms with E-state index in [2.05, 4.69) is 195 Å². The van der Waals surface area contributed by atoms with Crippen LogP contribution >= 0.6 is 0 Å². The number of hydrogen-bond donors (Lipinski definition) is 2. The van der Waals surface area contributed by atoms with Crippen molar-refractivity contribution in [2.24, 2.45) is 0 Å². The first-order valence-corrected chi connectivity index (χ1v) is 18.9. The van der Waals surface area contributed by atoms with Crippen LogP contribution in [-0.2, 0) is 10.8 Å². The quantitative estimate of drug-likeness (QED) is 0.194. The van der Waals surface area contributed by atoms with Gasteiger partial charge in [-0.1, -0.05) is 155 Å². The summed E-state index contributed by atoms with van der Waals surface area (Å²) >= 11 is 0. The Hall–Kier alpha value is -5.90. The molecule has 3 heteroatoms. The number of para-hydroxylation sites is 2. The molecule has 1 aromatic heterocycles. The van der Waals surface area contributed by atoms with E-state index in [4.69, 9.17) is 0 Å². The van der Waals surface area contributed by atoms with Gasteiger partial charge in [0.2, 0.25) is 0 Å². The first-order valence-electron chi connectivity index (χ1n) is 18.9. The van der Waals surface area contributed by atoms with Crippen molar-refractivity contribution in [1.82, 2.24) is 9.88 Å². The van der Waals surface area contributed by atoms with Crippen LogP contribution in [0.3, 0.4) is 0 Å². The molecule has 2 aliphatic carbocycles. The summed E-state index contributed by atoms with van der Waals surface area (Å²) in [4.78, 5) is 0. The van der Waals surface area contributed by atoms with Crippen molar-refractivity contribution in [2.75, 3.05) is 5.32 Å². The van der Waals surface area contributed by atoms with E-state index in [0.717, 1.165) is 0 Å². The molecule has 2 unspecified atom stereocenters. The molecule has 0 saturated heterocycles. The molecule has 0 spiro atoms. The molecule has 53 heavy (non-hydrogen) atoms. The van der Waals surface area contributed by atoms with Gasteiger partial charge in [0.15, 0.2) is 0 Å². The van der Waals surface area contributed by atoms with Gasteiger partial charge in [-0.05, 0) is 85.5 Å². The van der Waals surface area contributed by atoms with Crippen LogP contribution in [0.25, 0.3) is 49.7 Å². The molecule has 11 rings (SSSR count). The Labute approximate surface area is 311 Å². The number of nitrogens with one attached hydrogen (secondary N) is 2. The van der Waals surface area contributed by atoms with Gasteiger partial charge in [0.1, 0.15) is 6.17 Å². The second-order valence-electron chi connectivity index (χ2n) is 16.2. The minimum Gasteiger partial charge on any atom is -0.366 e. The predicted octanol–water partition coefficient (Wildman–Crippen LogP) is 12.2.